The first kappa shape index (κ1) is 21.5. The molecule has 1 saturated carbocycles. The van der Waals surface area contributed by atoms with Crippen molar-refractivity contribution in [3.8, 4) is 5.75 Å². The van der Waals surface area contributed by atoms with Crippen molar-refractivity contribution >= 4 is 6.29 Å². The Kier molecular flexibility index (Phi) is 7.40. The summed E-state index contributed by atoms with van der Waals surface area (Å²) < 4.78 is 34.0. The quantitative estimate of drug-likeness (QED) is 0.423. The summed E-state index contributed by atoms with van der Waals surface area (Å²) in [5.41, 5.74) is 2.10. The van der Waals surface area contributed by atoms with Gasteiger partial charge in [-0.15, -0.1) is 0 Å². The molecule has 0 heterocycles. The molecule has 0 saturated heterocycles. The number of carbonyl (C=O) groups is 1. The van der Waals surface area contributed by atoms with E-state index in [4.69, 9.17) is 4.74 Å². The summed E-state index contributed by atoms with van der Waals surface area (Å²) in [6.07, 6.45) is 5.57. The molecule has 2 nitrogen and oxygen atoms in total. The van der Waals surface area contributed by atoms with Crippen LogP contribution in [0, 0.1) is 5.92 Å². The Morgan fingerprint density at radius 2 is 1.66 bits per heavy atom. The number of hydrogen-bond donors (Lipinski definition) is 0. The Morgan fingerprint density at radius 3 is 2.24 bits per heavy atom. The van der Waals surface area contributed by atoms with Gasteiger partial charge >= 0.3 is 6.11 Å². The van der Waals surface area contributed by atoms with Crippen LogP contribution in [0.3, 0.4) is 0 Å². The van der Waals surface area contributed by atoms with Gasteiger partial charge < -0.3 is 9.53 Å². The number of benzene rings is 2. The largest absolute Gasteiger partial charge is 0.429 e. The summed E-state index contributed by atoms with van der Waals surface area (Å²) in [5, 5.41) is 0. The van der Waals surface area contributed by atoms with E-state index in [1.165, 1.54) is 17.7 Å². The Bertz CT molecular complexity index is 760. The lowest BCUT2D eigenvalue weighted by atomic mass is 9.77. The van der Waals surface area contributed by atoms with Gasteiger partial charge in [0.15, 0.2) is 0 Å². The van der Waals surface area contributed by atoms with Crippen LogP contribution in [0.15, 0.2) is 48.5 Å². The van der Waals surface area contributed by atoms with Gasteiger partial charge in [0, 0.05) is 6.42 Å². The van der Waals surface area contributed by atoms with Crippen LogP contribution in [-0.2, 0) is 17.3 Å². The highest BCUT2D eigenvalue weighted by Gasteiger charge is 2.34. The molecule has 0 aliphatic heterocycles. The lowest BCUT2D eigenvalue weighted by molar-refractivity contribution is -0.185. The zero-order chi connectivity index (χ0) is 20.7. The van der Waals surface area contributed by atoms with Crippen molar-refractivity contribution in [3.63, 3.8) is 0 Å². The maximum Gasteiger partial charge on any atom is 0.426 e. The number of aldehydes is 1. The van der Waals surface area contributed by atoms with E-state index in [0.717, 1.165) is 56.8 Å². The second kappa shape index (κ2) is 10.00. The molecule has 0 N–H and O–H groups in total. The molecule has 156 valence electrons. The van der Waals surface area contributed by atoms with Crippen LogP contribution in [0.4, 0.5) is 8.78 Å². The number of rotatable bonds is 9. The van der Waals surface area contributed by atoms with Crippen molar-refractivity contribution < 1.29 is 18.3 Å². The molecule has 4 heteroatoms. The van der Waals surface area contributed by atoms with Crippen LogP contribution in [0.2, 0.25) is 0 Å². The van der Waals surface area contributed by atoms with Gasteiger partial charge in [-0.05, 0) is 85.8 Å². The minimum atomic E-state index is -3.36. The second-order valence-corrected chi connectivity index (χ2v) is 8.10. The van der Waals surface area contributed by atoms with E-state index < -0.39 is 6.11 Å². The highest BCUT2D eigenvalue weighted by molar-refractivity contribution is 5.49. The Hall–Kier alpha value is -2.23. The molecule has 0 bridgehead atoms. The predicted molar refractivity (Wildman–Crippen MR) is 111 cm³/mol. The molecular formula is C25H30F2O2. The first-order valence-electron chi connectivity index (χ1n) is 10.7. The number of hydrogen-bond acceptors (Lipinski definition) is 2. The van der Waals surface area contributed by atoms with Gasteiger partial charge in [-0.1, -0.05) is 37.6 Å². The summed E-state index contributed by atoms with van der Waals surface area (Å²) in [4.78, 5) is 10.5. The van der Waals surface area contributed by atoms with E-state index in [2.05, 4.69) is 6.92 Å². The van der Waals surface area contributed by atoms with Gasteiger partial charge in [-0.25, -0.2) is 0 Å². The minimum Gasteiger partial charge on any atom is -0.429 e. The summed E-state index contributed by atoms with van der Waals surface area (Å²) in [5.74, 6) is 1.28. The number of ether oxygens (including phenoxy) is 1. The van der Waals surface area contributed by atoms with Gasteiger partial charge in [0.1, 0.15) is 12.0 Å². The van der Waals surface area contributed by atoms with Crippen molar-refractivity contribution in [2.24, 2.45) is 5.92 Å². The molecular weight excluding hydrogens is 370 g/mol. The topological polar surface area (TPSA) is 26.3 Å². The van der Waals surface area contributed by atoms with Crippen molar-refractivity contribution in [1.29, 1.82) is 0 Å². The summed E-state index contributed by atoms with van der Waals surface area (Å²) >= 11 is 0. The van der Waals surface area contributed by atoms with E-state index in [9.17, 15) is 13.6 Å². The third-order valence-corrected chi connectivity index (χ3v) is 5.97. The lowest BCUT2D eigenvalue weighted by Gasteiger charge is -2.28. The second-order valence-electron chi connectivity index (χ2n) is 8.10. The van der Waals surface area contributed by atoms with Crippen LogP contribution in [0.1, 0.15) is 74.5 Å². The number of aryl methyl sites for hydroxylation is 1. The van der Waals surface area contributed by atoms with Gasteiger partial charge in [0.05, 0.1) is 5.56 Å². The normalized spacial score (nSPS) is 19.7. The molecule has 1 aliphatic rings. The zero-order valence-corrected chi connectivity index (χ0v) is 17.1. The van der Waals surface area contributed by atoms with E-state index in [1.54, 1.807) is 24.3 Å². The lowest BCUT2D eigenvalue weighted by Crippen LogP contribution is -2.21. The Morgan fingerprint density at radius 1 is 1.00 bits per heavy atom. The van der Waals surface area contributed by atoms with Gasteiger partial charge in [0.25, 0.3) is 0 Å². The number of alkyl halides is 2. The Balaban J connectivity index is 1.58. The zero-order valence-electron chi connectivity index (χ0n) is 17.1. The van der Waals surface area contributed by atoms with E-state index >= 15 is 0 Å². The highest BCUT2D eigenvalue weighted by atomic mass is 19.3. The van der Waals surface area contributed by atoms with Gasteiger partial charge in [-0.2, -0.15) is 8.78 Å². The van der Waals surface area contributed by atoms with Crippen molar-refractivity contribution in [3.05, 3.63) is 65.2 Å². The van der Waals surface area contributed by atoms with Crippen LogP contribution >= 0.6 is 0 Å². The van der Waals surface area contributed by atoms with E-state index in [1.807, 2.05) is 12.1 Å². The molecule has 0 aromatic heterocycles. The number of halogens is 2. The van der Waals surface area contributed by atoms with Crippen molar-refractivity contribution in [1.82, 2.24) is 0 Å². The van der Waals surface area contributed by atoms with Gasteiger partial charge in [-0.3, -0.25) is 0 Å². The molecule has 0 atom stereocenters. The van der Waals surface area contributed by atoms with Crippen LogP contribution in [0.25, 0.3) is 0 Å². The fraction of sp³-hybridized carbons (Fsp3) is 0.480. The third kappa shape index (κ3) is 5.88. The first-order valence-corrected chi connectivity index (χ1v) is 10.7. The molecule has 3 rings (SSSR count). The first-order chi connectivity index (χ1) is 14.0. The average Bonchev–Trinajstić information content (AvgIpc) is 2.74. The van der Waals surface area contributed by atoms with Crippen LogP contribution in [-0.4, -0.2) is 6.29 Å². The minimum absolute atomic E-state index is 0.130. The standard InChI is InChI=1S/C25H30F2O2/c1-2-4-19-8-14-23(15-9-19)25(26,27)29-24-16-12-22(13-17-24)21-10-6-20(7-11-21)5-3-18-28/h8-9,12-18,20-21H,2-7,10-11H2,1H3. The van der Waals surface area contributed by atoms with E-state index in [-0.39, 0.29) is 11.3 Å². The molecule has 2 aromatic rings. The van der Waals surface area contributed by atoms with Gasteiger partial charge in [0.2, 0.25) is 0 Å². The molecule has 1 aliphatic carbocycles. The molecule has 29 heavy (non-hydrogen) atoms. The molecule has 1 fully saturated rings. The molecule has 2 aromatic carbocycles. The maximum absolute atomic E-state index is 14.5. The third-order valence-electron chi connectivity index (χ3n) is 5.97. The number of carbonyl (C=O) groups excluding carboxylic acids is 1. The van der Waals surface area contributed by atoms with Crippen LogP contribution < -0.4 is 4.74 Å². The molecule has 0 radical (unpaired) electrons. The Labute approximate surface area is 172 Å². The van der Waals surface area contributed by atoms with Crippen molar-refractivity contribution in [2.75, 3.05) is 0 Å². The smallest absolute Gasteiger partial charge is 0.426 e. The predicted octanol–water partition coefficient (Wildman–Crippen LogP) is 7.02. The fourth-order valence-electron chi connectivity index (χ4n) is 4.26. The van der Waals surface area contributed by atoms with E-state index in [0.29, 0.717) is 18.3 Å². The molecule has 0 unspecified atom stereocenters. The molecule has 0 amide bonds. The summed E-state index contributed by atoms with van der Waals surface area (Å²) in [7, 11) is 0. The fourth-order valence-corrected chi connectivity index (χ4v) is 4.26. The average molecular weight is 401 g/mol. The van der Waals surface area contributed by atoms with Crippen LogP contribution in [0.5, 0.6) is 5.75 Å². The SMILES string of the molecule is CCCc1ccc(C(F)(F)Oc2ccc(C3CCC(CCC=O)CC3)cc2)cc1. The monoisotopic (exact) mass is 400 g/mol. The molecule has 0 spiro atoms. The van der Waals surface area contributed by atoms with Crippen molar-refractivity contribution in [2.45, 2.75) is 70.3 Å². The maximum atomic E-state index is 14.5. The highest BCUT2D eigenvalue weighted by Crippen LogP contribution is 2.38. The summed E-state index contributed by atoms with van der Waals surface area (Å²) in [6.45, 7) is 2.06. The summed E-state index contributed by atoms with van der Waals surface area (Å²) in [6, 6.07) is 13.5.